The van der Waals surface area contributed by atoms with E-state index in [1.165, 1.54) is 19.1 Å². The first-order chi connectivity index (χ1) is 11.6. The van der Waals surface area contributed by atoms with Crippen LogP contribution in [0.2, 0.25) is 0 Å². The molecule has 1 aromatic carbocycles. The molecule has 1 heterocycles. The Bertz CT molecular complexity index is 827. The quantitative estimate of drug-likeness (QED) is 0.775. The number of H-pyrrole nitrogens is 1. The number of carbonyl (C=O) groups is 2. The summed E-state index contributed by atoms with van der Waals surface area (Å²) in [5.41, 5.74) is 2.44. The van der Waals surface area contributed by atoms with Crippen LogP contribution in [0, 0.1) is 25.5 Å². The number of hydrogen-bond donors (Lipinski definition) is 2. The Hall–Kier alpha value is -2.34. The summed E-state index contributed by atoms with van der Waals surface area (Å²) in [7, 11) is 0. The van der Waals surface area contributed by atoms with E-state index in [-0.39, 0.29) is 17.1 Å². The van der Waals surface area contributed by atoms with Gasteiger partial charge in [-0.15, -0.1) is 0 Å². The molecule has 0 bridgehead atoms. The van der Waals surface area contributed by atoms with Crippen molar-refractivity contribution in [3.8, 4) is 0 Å². The lowest BCUT2D eigenvalue weighted by Gasteiger charge is -2.20. The van der Waals surface area contributed by atoms with Gasteiger partial charge in [0.15, 0.2) is 11.6 Å². The van der Waals surface area contributed by atoms with Crippen molar-refractivity contribution in [3.63, 3.8) is 0 Å². The molecular formula is C19H22F2N2O2. The standard InChI is InChI=1S/C19H22F2N2O2/c1-9-17(13(5)24)11(3)23-18(9)19(25)12(4)22-10(2)15-7-6-14(20)8-16(15)21/h6-8,10,12,22-23H,1-5H3/t10-,12+/m1/s1. The number of benzene rings is 1. The minimum atomic E-state index is -0.662. The predicted molar refractivity (Wildman–Crippen MR) is 92.0 cm³/mol. The molecule has 0 spiro atoms. The van der Waals surface area contributed by atoms with Gasteiger partial charge in [0.25, 0.3) is 0 Å². The number of Topliss-reactive ketones (excluding diaryl/α,β-unsaturated/α-hetero) is 2. The number of aromatic nitrogens is 1. The highest BCUT2D eigenvalue weighted by Crippen LogP contribution is 2.22. The Labute approximate surface area is 145 Å². The van der Waals surface area contributed by atoms with Crippen molar-refractivity contribution in [3.05, 3.63) is 57.9 Å². The summed E-state index contributed by atoms with van der Waals surface area (Å²) in [6, 6.07) is 2.26. The summed E-state index contributed by atoms with van der Waals surface area (Å²) < 4.78 is 26.9. The zero-order valence-corrected chi connectivity index (χ0v) is 15.0. The van der Waals surface area contributed by atoms with Crippen molar-refractivity contribution in [2.45, 2.75) is 46.7 Å². The fourth-order valence-corrected chi connectivity index (χ4v) is 3.13. The number of carbonyl (C=O) groups excluding carboxylic acids is 2. The van der Waals surface area contributed by atoms with Crippen LogP contribution in [0.5, 0.6) is 0 Å². The van der Waals surface area contributed by atoms with Gasteiger partial charge in [0.05, 0.1) is 11.7 Å². The maximum absolute atomic E-state index is 13.9. The zero-order valence-electron chi connectivity index (χ0n) is 15.0. The highest BCUT2D eigenvalue weighted by atomic mass is 19.1. The van der Waals surface area contributed by atoms with Crippen LogP contribution < -0.4 is 5.32 Å². The smallest absolute Gasteiger partial charge is 0.195 e. The predicted octanol–water partition coefficient (Wildman–Crippen LogP) is 4.03. The Morgan fingerprint density at radius 1 is 1.16 bits per heavy atom. The molecule has 0 radical (unpaired) electrons. The van der Waals surface area contributed by atoms with Crippen LogP contribution in [0.1, 0.15) is 64.5 Å². The summed E-state index contributed by atoms with van der Waals surface area (Å²) in [4.78, 5) is 27.4. The van der Waals surface area contributed by atoms with Crippen LogP contribution in [0.3, 0.4) is 0 Å². The molecule has 0 aliphatic rings. The highest BCUT2D eigenvalue weighted by molar-refractivity contribution is 6.05. The fourth-order valence-electron chi connectivity index (χ4n) is 3.13. The second kappa shape index (κ2) is 7.27. The second-order valence-corrected chi connectivity index (χ2v) is 6.32. The minimum absolute atomic E-state index is 0.104. The van der Waals surface area contributed by atoms with Crippen molar-refractivity contribution < 1.29 is 18.4 Å². The normalized spacial score (nSPS) is 13.6. The summed E-state index contributed by atoms with van der Waals surface area (Å²) in [5.74, 6) is -1.63. The van der Waals surface area contributed by atoms with Crippen molar-refractivity contribution in [1.82, 2.24) is 10.3 Å². The average molecular weight is 348 g/mol. The lowest BCUT2D eigenvalue weighted by molar-refractivity contribution is 0.0940. The molecule has 0 saturated heterocycles. The molecule has 0 aliphatic heterocycles. The first-order valence-corrected chi connectivity index (χ1v) is 8.08. The summed E-state index contributed by atoms with van der Waals surface area (Å²) in [6.07, 6.45) is 0. The van der Waals surface area contributed by atoms with Crippen molar-refractivity contribution in [1.29, 1.82) is 0 Å². The van der Waals surface area contributed by atoms with Crippen molar-refractivity contribution in [2.24, 2.45) is 0 Å². The van der Waals surface area contributed by atoms with Gasteiger partial charge < -0.3 is 10.3 Å². The zero-order chi connectivity index (χ0) is 18.9. The van der Waals surface area contributed by atoms with Crippen LogP contribution in [0.15, 0.2) is 18.2 Å². The van der Waals surface area contributed by atoms with E-state index in [1.807, 2.05) is 0 Å². The van der Waals surface area contributed by atoms with E-state index in [9.17, 15) is 18.4 Å². The van der Waals surface area contributed by atoms with Crippen molar-refractivity contribution in [2.75, 3.05) is 0 Å². The first-order valence-electron chi connectivity index (χ1n) is 8.08. The number of aryl methyl sites for hydroxylation is 1. The molecule has 0 saturated carbocycles. The van der Waals surface area contributed by atoms with Crippen molar-refractivity contribution >= 4 is 11.6 Å². The third-order valence-electron chi connectivity index (χ3n) is 4.36. The van der Waals surface area contributed by atoms with Gasteiger partial charge in [-0.2, -0.15) is 0 Å². The topological polar surface area (TPSA) is 62.0 Å². The van der Waals surface area contributed by atoms with Gasteiger partial charge in [-0.25, -0.2) is 8.78 Å². The maximum Gasteiger partial charge on any atom is 0.195 e. The lowest BCUT2D eigenvalue weighted by Crippen LogP contribution is -2.36. The van der Waals surface area contributed by atoms with E-state index in [4.69, 9.17) is 0 Å². The van der Waals surface area contributed by atoms with Crippen LogP contribution in [0.4, 0.5) is 8.78 Å². The average Bonchev–Trinajstić information content (AvgIpc) is 2.80. The first kappa shape index (κ1) is 19.0. The molecule has 2 aromatic rings. The number of rotatable bonds is 6. The minimum Gasteiger partial charge on any atom is -0.355 e. The van der Waals surface area contributed by atoms with E-state index in [0.717, 1.165) is 6.07 Å². The third kappa shape index (κ3) is 3.85. The van der Waals surface area contributed by atoms with E-state index < -0.39 is 23.7 Å². The van der Waals surface area contributed by atoms with Crippen LogP contribution >= 0.6 is 0 Å². The molecule has 2 atom stereocenters. The highest BCUT2D eigenvalue weighted by Gasteiger charge is 2.25. The number of halogens is 2. The van der Waals surface area contributed by atoms with Gasteiger partial charge in [0.2, 0.25) is 0 Å². The molecular weight excluding hydrogens is 326 g/mol. The molecule has 4 nitrogen and oxygen atoms in total. The van der Waals surface area contributed by atoms with Gasteiger partial charge in [0.1, 0.15) is 11.6 Å². The Balaban J connectivity index is 2.20. The van der Waals surface area contributed by atoms with Gasteiger partial charge in [-0.3, -0.25) is 9.59 Å². The SMILES string of the molecule is CC(=O)c1c(C)[nH]c(C(=O)[C@H](C)N[C@H](C)c2ccc(F)cc2F)c1C. The number of ketones is 2. The van der Waals surface area contributed by atoms with Gasteiger partial charge in [-0.05, 0) is 46.2 Å². The van der Waals surface area contributed by atoms with Gasteiger partial charge in [-0.1, -0.05) is 6.07 Å². The molecule has 0 unspecified atom stereocenters. The summed E-state index contributed by atoms with van der Waals surface area (Å²) in [5, 5.41) is 3.02. The summed E-state index contributed by atoms with van der Waals surface area (Å²) in [6.45, 7) is 8.30. The van der Waals surface area contributed by atoms with Crippen LogP contribution in [-0.2, 0) is 0 Å². The molecule has 2 rings (SSSR count). The maximum atomic E-state index is 13.9. The molecule has 0 amide bonds. The Morgan fingerprint density at radius 2 is 1.80 bits per heavy atom. The molecule has 0 aliphatic carbocycles. The van der Waals surface area contributed by atoms with E-state index in [2.05, 4.69) is 10.3 Å². The van der Waals surface area contributed by atoms with Crippen LogP contribution in [-0.4, -0.2) is 22.6 Å². The molecule has 0 fully saturated rings. The monoisotopic (exact) mass is 348 g/mol. The second-order valence-electron chi connectivity index (χ2n) is 6.32. The Morgan fingerprint density at radius 3 is 2.32 bits per heavy atom. The largest absolute Gasteiger partial charge is 0.355 e. The Kier molecular flexibility index (Phi) is 5.52. The number of nitrogens with one attached hydrogen (secondary N) is 2. The third-order valence-corrected chi connectivity index (χ3v) is 4.36. The fraction of sp³-hybridized carbons (Fsp3) is 0.368. The van der Waals surface area contributed by atoms with Gasteiger partial charge in [0, 0.05) is 28.9 Å². The van der Waals surface area contributed by atoms with E-state index in [1.54, 1.807) is 27.7 Å². The molecule has 2 N–H and O–H groups in total. The molecule has 25 heavy (non-hydrogen) atoms. The van der Waals surface area contributed by atoms with E-state index in [0.29, 0.717) is 22.5 Å². The van der Waals surface area contributed by atoms with Gasteiger partial charge >= 0.3 is 0 Å². The molecule has 1 aromatic heterocycles. The lowest BCUT2D eigenvalue weighted by atomic mass is 10.0. The molecule has 6 heteroatoms. The molecule has 134 valence electrons. The summed E-state index contributed by atoms with van der Waals surface area (Å²) >= 11 is 0. The van der Waals surface area contributed by atoms with Crippen LogP contribution in [0.25, 0.3) is 0 Å². The van der Waals surface area contributed by atoms with E-state index >= 15 is 0 Å². The number of hydrogen-bond acceptors (Lipinski definition) is 3. The number of aromatic amines is 1.